The molecule has 0 aromatic carbocycles. The first-order valence-electron chi connectivity index (χ1n) is 5.79. The van der Waals surface area contributed by atoms with E-state index in [0.29, 0.717) is 18.4 Å². The van der Waals surface area contributed by atoms with E-state index in [0.717, 1.165) is 31.7 Å². The Hall–Kier alpha value is -0.220. The quantitative estimate of drug-likeness (QED) is 0.709. The fourth-order valence-corrected chi connectivity index (χ4v) is 2.58. The summed E-state index contributed by atoms with van der Waals surface area (Å²) in [6.45, 7) is 1.70. The molecule has 15 heavy (non-hydrogen) atoms. The molecule has 0 aromatic heterocycles. The number of piperidine rings is 1. The van der Waals surface area contributed by atoms with Crippen LogP contribution in [0.5, 0.6) is 0 Å². The number of nitrogens with zero attached hydrogens (tertiary/aromatic N) is 1. The molecule has 0 spiro atoms. The largest absolute Gasteiger partial charge is 0.343 e. The van der Waals surface area contributed by atoms with Crippen molar-refractivity contribution in [1.29, 1.82) is 0 Å². The smallest absolute Gasteiger partial charge is 0.223 e. The van der Waals surface area contributed by atoms with Crippen LogP contribution in [0.25, 0.3) is 0 Å². The third kappa shape index (κ3) is 2.67. The second-order valence-electron chi connectivity index (χ2n) is 5.05. The van der Waals surface area contributed by atoms with E-state index in [1.165, 1.54) is 12.8 Å². The number of rotatable bonds is 3. The van der Waals surface area contributed by atoms with E-state index in [1.54, 1.807) is 0 Å². The Morgan fingerprint density at radius 1 is 1.40 bits per heavy atom. The standard InChI is InChI=1S/C11H20N2OS/c12-9-1-5-13(6-2-9)10(14)7-11(8-15)3-4-11/h9,15H,1-8,12H2. The lowest BCUT2D eigenvalue weighted by atomic mass is 10.0. The molecule has 1 saturated heterocycles. The normalized spacial score (nSPS) is 25.3. The van der Waals surface area contributed by atoms with Crippen LogP contribution in [0, 0.1) is 5.41 Å². The van der Waals surface area contributed by atoms with Gasteiger partial charge >= 0.3 is 0 Å². The number of likely N-dealkylation sites (tertiary alicyclic amines) is 1. The van der Waals surface area contributed by atoms with Crippen LogP contribution in [0.1, 0.15) is 32.1 Å². The highest BCUT2D eigenvalue weighted by molar-refractivity contribution is 7.80. The van der Waals surface area contributed by atoms with Gasteiger partial charge in [-0.3, -0.25) is 4.79 Å². The lowest BCUT2D eigenvalue weighted by molar-refractivity contribution is -0.133. The number of hydrogen-bond acceptors (Lipinski definition) is 3. The van der Waals surface area contributed by atoms with Crippen LogP contribution in [-0.2, 0) is 4.79 Å². The number of thiol groups is 1. The second-order valence-corrected chi connectivity index (χ2v) is 5.37. The number of amides is 1. The van der Waals surface area contributed by atoms with Crippen molar-refractivity contribution in [1.82, 2.24) is 4.90 Å². The zero-order chi connectivity index (χ0) is 10.9. The van der Waals surface area contributed by atoms with Crippen molar-refractivity contribution in [3.63, 3.8) is 0 Å². The van der Waals surface area contributed by atoms with Gasteiger partial charge in [0.25, 0.3) is 0 Å². The van der Waals surface area contributed by atoms with Gasteiger partial charge in [0.15, 0.2) is 0 Å². The Bertz CT molecular complexity index is 245. The summed E-state index contributed by atoms with van der Waals surface area (Å²) in [4.78, 5) is 13.9. The average Bonchev–Trinajstić information content (AvgIpc) is 2.99. The summed E-state index contributed by atoms with van der Waals surface area (Å²) in [6.07, 6.45) is 4.97. The van der Waals surface area contributed by atoms with Crippen molar-refractivity contribution in [3.05, 3.63) is 0 Å². The highest BCUT2D eigenvalue weighted by Gasteiger charge is 2.43. The third-order valence-corrected chi connectivity index (χ3v) is 4.38. The van der Waals surface area contributed by atoms with Crippen molar-refractivity contribution >= 4 is 18.5 Å². The Morgan fingerprint density at radius 3 is 2.47 bits per heavy atom. The van der Waals surface area contributed by atoms with Gasteiger partial charge in [0.2, 0.25) is 5.91 Å². The lowest BCUT2D eigenvalue weighted by Gasteiger charge is -2.31. The summed E-state index contributed by atoms with van der Waals surface area (Å²) in [7, 11) is 0. The minimum atomic E-state index is 0.250. The lowest BCUT2D eigenvalue weighted by Crippen LogP contribution is -2.43. The van der Waals surface area contributed by atoms with Crippen LogP contribution in [0.4, 0.5) is 0 Å². The molecule has 3 nitrogen and oxygen atoms in total. The Labute approximate surface area is 96.8 Å². The molecule has 1 heterocycles. The van der Waals surface area contributed by atoms with Crippen LogP contribution in [0.2, 0.25) is 0 Å². The highest BCUT2D eigenvalue weighted by Crippen LogP contribution is 2.49. The molecule has 86 valence electrons. The van der Waals surface area contributed by atoms with Crippen LogP contribution in [-0.4, -0.2) is 35.7 Å². The predicted molar refractivity (Wildman–Crippen MR) is 63.9 cm³/mol. The molecule has 1 aliphatic heterocycles. The Balaban J connectivity index is 1.81. The van der Waals surface area contributed by atoms with Crippen molar-refractivity contribution in [2.24, 2.45) is 11.1 Å². The number of hydrogen-bond donors (Lipinski definition) is 2. The van der Waals surface area contributed by atoms with Gasteiger partial charge in [0, 0.05) is 25.6 Å². The van der Waals surface area contributed by atoms with E-state index in [1.807, 2.05) is 4.90 Å². The second kappa shape index (κ2) is 4.34. The van der Waals surface area contributed by atoms with Crippen LogP contribution in [0.3, 0.4) is 0 Å². The molecule has 2 N–H and O–H groups in total. The summed E-state index contributed by atoms with van der Waals surface area (Å²) < 4.78 is 0. The molecule has 1 aliphatic carbocycles. The van der Waals surface area contributed by atoms with Gasteiger partial charge in [-0.25, -0.2) is 0 Å². The summed E-state index contributed by atoms with van der Waals surface area (Å²) >= 11 is 4.33. The molecule has 0 bridgehead atoms. The van der Waals surface area contributed by atoms with E-state index in [4.69, 9.17) is 5.73 Å². The van der Waals surface area contributed by atoms with Crippen molar-refractivity contribution in [2.75, 3.05) is 18.8 Å². The summed E-state index contributed by atoms with van der Waals surface area (Å²) in [5.41, 5.74) is 6.06. The molecule has 0 unspecified atom stereocenters. The van der Waals surface area contributed by atoms with E-state index in [9.17, 15) is 4.79 Å². The number of carbonyl (C=O) groups is 1. The Morgan fingerprint density at radius 2 is 2.00 bits per heavy atom. The zero-order valence-electron chi connectivity index (χ0n) is 9.11. The van der Waals surface area contributed by atoms with E-state index in [-0.39, 0.29) is 5.41 Å². The first-order valence-corrected chi connectivity index (χ1v) is 6.43. The Kier molecular flexibility index (Phi) is 3.26. The van der Waals surface area contributed by atoms with Gasteiger partial charge in [0.05, 0.1) is 0 Å². The molecule has 1 saturated carbocycles. The zero-order valence-corrected chi connectivity index (χ0v) is 10.0. The van der Waals surface area contributed by atoms with Gasteiger partial charge in [0.1, 0.15) is 0 Å². The van der Waals surface area contributed by atoms with Gasteiger partial charge in [-0.1, -0.05) is 0 Å². The summed E-state index contributed by atoms with van der Waals surface area (Å²) in [5.74, 6) is 1.17. The van der Waals surface area contributed by atoms with Crippen molar-refractivity contribution in [3.8, 4) is 0 Å². The molecule has 2 aliphatic rings. The maximum atomic E-state index is 12.0. The predicted octanol–water partition coefficient (Wildman–Crippen LogP) is 1.04. The summed E-state index contributed by atoms with van der Waals surface area (Å²) in [6, 6.07) is 0.300. The highest BCUT2D eigenvalue weighted by atomic mass is 32.1. The molecule has 2 rings (SSSR count). The van der Waals surface area contributed by atoms with Gasteiger partial charge in [-0.05, 0) is 36.9 Å². The van der Waals surface area contributed by atoms with Gasteiger partial charge in [-0.2, -0.15) is 12.6 Å². The molecular formula is C11H20N2OS. The number of carbonyl (C=O) groups excluding carboxylic acids is 1. The maximum absolute atomic E-state index is 12.0. The minimum absolute atomic E-state index is 0.250. The molecule has 2 fully saturated rings. The average molecular weight is 228 g/mol. The van der Waals surface area contributed by atoms with Gasteiger partial charge < -0.3 is 10.6 Å². The topological polar surface area (TPSA) is 46.3 Å². The molecular weight excluding hydrogens is 208 g/mol. The van der Waals surface area contributed by atoms with E-state index < -0.39 is 0 Å². The minimum Gasteiger partial charge on any atom is -0.343 e. The number of nitrogens with two attached hydrogens (primary N) is 1. The molecule has 1 amide bonds. The maximum Gasteiger partial charge on any atom is 0.223 e. The monoisotopic (exact) mass is 228 g/mol. The van der Waals surface area contributed by atoms with Crippen molar-refractivity contribution < 1.29 is 4.79 Å². The van der Waals surface area contributed by atoms with E-state index >= 15 is 0 Å². The first-order chi connectivity index (χ1) is 7.15. The SMILES string of the molecule is NC1CCN(C(=O)CC2(CS)CC2)CC1. The van der Waals surface area contributed by atoms with E-state index in [2.05, 4.69) is 12.6 Å². The van der Waals surface area contributed by atoms with Crippen LogP contribution >= 0.6 is 12.6 Å². The third-order valence-electron chi connectivity index (χ3n) is 3.71. The van der Waals surface area contributed by atoms with Crippen LogP contribution < -0.4 is 5.73 Å². The molecule has 0 atom stereocenters. The van der Waals surface area contributed by atoms with Crippen LogP contribution in [0.15, 0.2) is 0 Å². The molecule has 4 heteroatoms. The van der Waals surface area contributed by atoms with Gasteiger partial charge in [-0.15, -0.1) is 0 Å². The first kappa shape index (κ1) is 11.3. The fourth-order valence-electron chi connectivity index (χ4n) is 2.15. The van der Waals surface area contributed by atoms with Crippen molar-refractivity contribution in [2.45, 2.75) is 38.1 Å². The molecule has 0 aromatic rings. The summed E-state index contributed by atoms with van der Waals surface area (Å²) in [5, 5.41) is 0. The molecule has 0 radical (unpaired) electrons. The fraction of sp³-hybridized carbons (Fsp3) is 0.909.